The summed E-state index contributed by atoms with van der Waals surface area (Å²) in [5.41, 5.74) is 0.938. The van der Waals surface area contributed by atoms with Crippen molar-refractivity contribution in [2.45, 2.75) is 6.42 Å². The van der Waals surface area contributed by atoms with Crippen LogP contribution in [0.25, 0.3) is 0 Å². The standard InChI is InChI=1S/C19H22BrN3O6/c1-27-15-8-12(13(20)9-16(15)28-2)5-6-21-17(24)10-22-18(25)11-23-19(26)14-4-3-7-29-14/h3-4,7-9H,5-6,10-11H2,1-2H3,(H,21,24)(H,22,25)(H,23,26). The van der Waals surface area contributed by atoms with Gasteiger partial charge < -0.3 is 29.8 Å². The summed E-state index contributed by atoms with van der Waals surface area (Å²) in [4.78, 5) is 35.3. The van der Waals surface area contributed by atoms with Crippen LogP contribution in [0, 0.1) is 0 Å². The van der Waals surface area contributed by atoms with Crippen LogP contribution < -0.4 is 25.4 Å². The van der Waals surface area contributed by atoms with Gasteiger partial charge in [0.25, 0.3) is 5.91 Å². The van der Waals surface area contributed by atoms with Crippen LogP contribution in [0.15, 0.2) is 39.4 Å². The van der Waals surface area contributed by atoms with Crippen molar-refractivity contribution in [1.82, 2.24) is 16.0 Å². The molecule has 0 unspecified atom stereocenters. The predicted octanol–water partition coefficient (Wildman–Crippen LogP) is 1.26. The fraction of sp³-hybridized carbons (Fsp3) is 0.316. The number of hydrogen-bond donors (Lipinski definition) is 3. The minimum Gasteiger partial charge on any atom is -0.493 e. The number of furan rings is 1. The highest BCUT2D eigenvalue weighted by Crippen LogP contribution is 2.33. The van der Waals surface area contributed by atoms with Gasteiger partial charge in [-0.05, 0) is 36.2 Å². The van der Waals surface area contributed by atoms with Crippen LogP contribution in [0.2, 0.25) is 0 Å². The lowest BCUT2D eigenvalue weighted by molar-refractivity contribution is -0.125. The van der Waals surface area contributed by atoms with E-state index in [9.17, 15) is 14.4 Å². The molecule has 2 rings (SSSR count). The van der Waals surface area contributed by atoms with Gasteiger partial charge in [-0.2, -0.15) is 0 Å². The second kappa shape index (κ2) is 11.1. The molecule has 156 valence electrons. The Labute approximate surface area is 176 Å². The van der Waals surface area contributed by atoms with Crippen molar-refractivity contribution in [2.75, 3.05) is 33.9 Å². The van der Waals surface area contributed by atoms with Gasteiger partial charge in [0, 0.05) is 11.0 Å². The summed E-state index contributed by atoms with van der Waals surface area (Å²) in [6, 6.07) is 6.68. The molecule has 1 aromatic carbocycles. The summed E-state index contributed by atoms with van der Waals surface area (Å²) in [5, 5.41) is 7.55. The lowest BCUT2D eigenvalue weighted by Crippen LogP contribution is -2.42. The molecule has 0 saturated heterocycles. The third-order valence-electron chi connectivity index (χ3n) is 3.87. The van der Waals surface area contributed by atoms with E-state index in [4.69, 9.17) is 13.9 Å². The van der Waals surface area contributed by atoms with Crippen LogP contribution in [0.4, 0.5) is 0 Å². The predicted molar refractivity (Wildman–Crippen MR) is 108 cm³/mol. The first-order valence-corrected chi connectivity index (χ1v) is 9.49. The summed E-state index contributed by atoms with van der Waals surface area (Å²) in [6.07, 6.45) is 1.92. The molecule has 3 amide bonds. The number of halogens is 1. The molecule has 0 saturated carbocycles. The highest BCUT2D eigenvalue weighted by molar-refractivity contribution is 9.10. The molecule has 0 radical (unpaired) electrons. The summed E-state index contributed by atoms with van der Waals surface area (Å²) in [6.45, 7) is -0.0774. The Morgan fingerprint density at radius 1 is 1.00 bits per heavy atom. The minimum absolute atomic E-state index is 0.108. The van der Waals surface area contributed by atoms with Crippen LogP contribution in [-0.2, 0) is 16.0 Å². The van der Waals surface area contributed by atoms with Gasteiger partial charge in [0.1, 0.15) is 0 Å². The number of rotatable bonds is 10. The Kier molecular flexibility index (Phi) is 8.53. The minimum atomic E-state index is -0.505. The average molecular weight is 468 g/mol. The molecule has 29 heavy (non-hydrogen) atoms. The Bertz CT molecular complexity index is 854. The largest absolute Gasteiger partial charge is 0.493 e. The molecule has 0 spiro atoms. The van der Waals surface area contributed by atoms with Gasteiger partial charge in [-0.25, -0.2) is 0 Å². The van der Waals surface area contributed by atoms with Crippen molar-refractivity contribution in [1.29, 1.82) is 0 Å². The second-order valence-electron chi connectivity index (χ2n) is 5.84. The summed E-state index contributed by atoms with van der Waals surface area (Å²) in [7, 11) is 3.11. The first-order valence-electron chi connectivity index (χ1n) is 8.70. The first-order chi connectivity index (χ1) is 13.9. The fourth-order valence-corrected chi connectivity index (χ4v) is 2.90. The van der Waals surface area contributed by atoms with Gasteiger partial charge in [0.05, 0.1) is 33.6 Å². The molecule has 0 atom stereocenters. The van der Waals surface area contributed by atoms with Gasteiger partial charge in [0.2, 0.25) is 11.8 Å². The van der Waals surface area contributed by atoms with Crippen LogP contribution in [0.1, 0.15) is 16.1 Å². The Morgan fingerprint density at radius 2 is 1.66 bits per heavy atom. The summed E-state index contributed by atoms with van der Waals surface area (Å²) < 4.78 is 16.3. The Morgan fingerprint density at radius 3 is 2.31 bits per heavy atom. The molecule has 0 aliphatic rings. The molecule has 9 nitrogen and oxygen atoms in total. The summed E-state index contributed by atoms with van der Waals surface area (Å²) in [5.74, 6) is -0.0168. The van der Waals surface area contributed by atoms with Crippen LogP contribution in [0.5, 0.6) is 11.5 Å². The maximum atomic E-state index is 11.9. The van der Waals surface area contributed by atoms with E-state index in [-0.39, 0.29) is 24.8 Å². The number of carbonyl (C=O) groups excluding carboxylic acids is 3. The maximum Gasteiger partial charge on any atom is 0.287 e. The fourth-order valence-electron chi connectivity index (χ4n) is 2.38. The number of carbonyl (C=O) groups is 3. The molecule has 0 aliphatic heterocycles. The zero-order valence-corrected chi connectivity index (χ0v) is 17.6. The molecule has 1 aromatic heterocycles. The quantitative estimate of drug-likeness (QED) is 0.483. The number of amides is 3. The Balaban J connectivity index is 1.69. The van der Waals surface area contributed by atoms with E-state index >= 15 is 0 Å². The molecule has 1 heterocycles. The van der Waals surface area contributed by atoms with Crippen molar-refractivity contribution < 1.29 is 28.3 Å². The number of methoxy groups -OCH3 is 2. The zero-order valence-electron chi connectivity index (χ0n) is 16.0. The topological polar surface area (TPSA) is 119 Å². The van der Waals surface area contributed by atoms with Crippen molar-refractivity contribution in [3.63, 3.8) is 0 Å². The van der Waals surface area contributed by atoms with Crippen molar-refractivity contribution in [2.24, 2.45) is 0 Å². The lowest BCUT2D eigenvalue weighted by atomic mass is 10.1. The van der Waals surface area contributed by atoms with Gasteiger partial charge >= 0.3 is 0 Å². The van der Waals surface area contributed by atoms with E-state index in [2.05, 4.69) is 31.9 Å². The van der Waals surface area contributed by atoms with Crippen molar-refractivity contribution >= 4 is 33.7 Å². The van der Waals surface area contributed by atoms with Gasteiger partial charge in [-0.1, -0.05) is 15.9 Å². The first kappa shape index (κ1) is 22.3. The van der Waals surface area contributed by atoms with Crippen LogP contribution in [0.3, 0.4) is 0 Å². The number of benzene rings is 1. The maximum absolute atomic E-state index is 11.9. The molecule has 0 bridgehead atoms. The smallest absolute Gasteiger partial charge is 0.287 e. The molecule has 10 heteroatoms. The highest BCUT2D eigenvalue weighted by Gasteiger charge is 2.12. The molecule has 0 aliphatic carbocycles. The van der Waals surface area contributed by atoms with E-state index in [1.165, 1.54) is 12.3 Å². The van der Waals surface area contributed by atoms with Gasteiger partial charge in [-0.15, -0.1) is 0 Å². The lowest BCUT2D eigenvalue weighted by Gasteiger charge is -2.12. The third kappa shape index (κ3) is 6.83. The monoisotopic (exact) mass is 467 g/mol. The molecule has 3 N–H and O–H groups in total. The third-order valence-corrected chi connectivity index (χ3v) is 4.61. The molecule has 2 aromatic rings. The Hall–Kier alpha value is -3.01. The number of ether oxygens (including phenoxy) is 2. The van der Waals surface area contributed by atoms with E-state index in [0.717, 1.165) is 10.0 Å². The van der Waals surface area contributed by atoms with Gasteiger partial charge in [-0.3, -0.25) is 14.4 Å². The number of nitrogens with one attached hydrogen (secondary N) is 3. The van der Waals surface area contributed by atoms with Crippen LogP contribution in [-0.4, -0.2) is 51.6 Å². The van der Waals surface area contributed by atoms with E-state index in [0.29, 0.717) is 24.5 Å². The second-order valence-corrected chi connectivity index (χ2v) is 6.69. The van der Waals surface area contributed by atoms with Crippen LogP contribution >= 0.6 is 15.9 Å². The van der Waals surface area contributed by atoms with Crippen molar-refractivity contribution in [3.8, 4) is 11.5 Å². The SMILES string of the molecule is COc1cc(Br)c(CCNC(=O)CNC(=O)CNC(=O)c2ccco2)cc1OC. The highest BCUT2D eigenvalue weighted by atomic mass is 79.9. The summed E-state index contributed by atoms with van der Waals surface area (Å²) >= 11 is 3.47. The van der Waals surface area contributed by atoms with Gasteiger partial charge in [0.15, 0.2) is 17.3 Å². The molecule has 0 fully saturated rings. The number of hydrogen-bond acceptors (Lipinski definition) is 6. The average Bonchev–Trinajstić information content (AvgIpc) is 3.26. The normalized spacial score (nSPS) is 10.2. The van der Waals surface area contributed by atoms with Crippen molar-refractivity contribution in [3.05, 3.63) is 46.3 Å². The molecular formula is C19H22BrN3O6. The van der Waals surface area contributed by atoms with E-state index in [1.54, 1.807) is 26.4 Å². The van der Waals surface area contributed by atoms with E-state index in [1.807, 2.05) is 6.07 Å². The van der Waals surface area contributed by atoms with E-state index < -0.39 is 11.8 Å². The molecular weight excluding hydrogens is 446 g/mol. The zero-order chi connectivity index (χ0) is 21.2.